The number of fused-ring (bicyclic) bond motifs is 1. The molecule has 0 amide bonds. The standard InChI is InChI=1S/C16H17N5/c17-14(11-6-7-11)8-15-13-9-20-21(16(13)19-10-18-15)12-4-2-1-3-5-12/h1-5,9-11,14H,6-8,17H2. The molecule has 2 N–H and O–H groups in total. The Morgan fingerprint density at radius 1 is 1.19 bits per heavy atom. The van der Waals surface area contributed by atoms with Crippen LogP contribution >= 0.6 is 0 Å². The Balaban J connectivity index is 1.75. The maximum atomic E-state index is 6.23. The second-order valence-electron chi connectivity index (χ2n) is 5.65. The molecule has 1 aromatic carbocycles. The van der Waals surface area contributed by atoms with Crippen LogP contribution in [-0.2, 0) is 6.42 Å². The van der Waals surface area contributed by atoms with E-state index in [0.29, 0.717) is 5.92 Å². The summed E-state index contributed by atoms with van der Waals surface area (Å²) < 4.78 is 1.85. The Bertz CT molecular complexity index is 761. The maximum Gasteiger partial charge on any atom is 0.166 e. The third-order valence-corrected chi connectivity index (χ3v) is 4.11. The molecule has 5 heteroatoms. The van der Waals surface area contributed by atoms with Crippen LogP contribution in [0.5, 0.6) is 0 Å². The normalized spacial score (nSPS) is 16.2. The minimum Gasteiger partial charge on any atom is -0.327 e. The van der Waals surface area contributed by atoms with E-state index in [4.69, 9.17) is 5.73 Å². The zero-order chi connectivity index (χ0) is 14.2. The molecule has 0 aliphatic heterocycles. The Labute approximate surface area is 122 Å². The fourth-order valence-corrected chi connectivity index (χ4v) is 2.73. The van der Waals surface area contributed by atoms with Crippen molar-refractivity contribution < 1.29 is 0 Å². The van der Waals surface area contributed by atoms with E-state index in [-0.39, 0.29) is 6.04 Å². The van der Waals surface area contributed by atoms with Crippen LogP contribution in [0.25, 0.3) is 16.7 Å². The van der Waals surface area contributed by atoms with E-state index in [2.05, 4.69) is 15.1 Å². The van der Waals surface area contributed by atoms with Crippen LogP contribution < -0.4 is 5.73 Å². The summed E-state index contributed by atoms with van der Waals surface area (Å²) in [6, 6.07) is 10.2. The van der Waals surface area contributed by atoms with Gasteiger partial charge in [0.2, 0.25) is 0 Å². The van der Waals surface area contributed by atoms with Gasteiger partial charge in [-0.05, 0) is 30.9 Å². The monoisotopic (exact) mass is 279 g/mol. The highest BCUT2D eigenvalue weighted by atomic mass is 15.3. The van der Waals surface area contributed by atoms with Crippen molar-refractivity contribution in [2.75, 3.05) is 0 Å². The Morgan fingerprint density at radius 2 is 2.00 bits per heavy atom. The quantitative estimate of drug-likeness (QED) is 0.794. The van der Waals surface area contributed by atoms with Gasteiger partial charge in [0.25, 0.3) is 0 Å². The number of nitrogens with two attached hydrogens (primary N) is 1. The summed E-state index contributed by atoms with van der Waals surface area (Å²) in [5.74, 6) is 0.666. The predicted molar refractivity (Wildman–Crippen MR) is 81.1 cm³/mol. The van der Waals surface area contributed by atoms with Crippen LogP contribution in [0.15, 0.2) is 42.9 Å². The van der Waals surface area contributed by atoms with E-state index < -0.39 is 0 Å². The lowest BCUT2D eigenvalue weighted by atomic mass is 10.1. The van der Waals surface area contributed by atoms with Crippen LogP contribution in [0.4, 0.5) is 0 Å². The van der Waals surface area contributed by atoms with Gasteiger partial charge in [-0.25, -0.2) is 14.6 Å². The van der Waals surface area contributed by atoms with Gasteiger partial charge < -0.3 is 5.73 Å². The summed E-state index contributed by atoms with van der Waals surface area (Å²) in [5.41, 5.74) is 9.08. The van der Waals surface area contributed by atoms with Crippen molar-refractivity contribution in [2.24, 2.45) is 11.7 Å². The van der Waals surface area contributed by atoms with E-state index >= 15 is 0 Å². The molecule has 1 saturated carbocycles. The van der Waals surface area contributed by atoms with Crippen molar-refractivity contribution in [1.29, 1.82) is 0 Å². The van der Waals surface area contributed by atoms with E-state index in [1.54, 1.807) is 6.33 Å². The fourth-order valence-electron chi connectivity index (χ4n) is 2.73. The van der Waals surface area contributed by atoms with E-state index in [0.717, 1.165) is 28.8 Å². The molecule has 1 fully saturated rings. The first kappa shape index (κ1) is 12.5. The zero-order valence-corrected chi connectivity index (χ0v) is 11.7. The smallest absolute Gasteiger partial charge is 0.166 e. The predicted octanol–water partition coefficient (Wildman–Crippen LogP) is 2.10. The summed E-state index contributed by atoms with van der Waals surface area (Å²) in [7, 11) is 0. The van der Waals surface area contributed by atoms with Gasteiger partial charge in [0.15, 0.2) is 5.65 Å². The molecule has 0 spiro atoms. The molecule has 1 aliphatic carbocycles. The lowest BCUT2D eigenvalue weighted by molar-refractivity contribution is 0.586. The topological polar surface area (TPSA) is 69.6 Å². The van der Waals surface area contributed by atoms with Crippen molar-refractivity contribution >= 4 is 11.0 Å². The summed E-state index contributed by atoms with van der Waals surface area (Å²) >= 11 is 0. The van der Waals surface area contributed by atoms with E-state index in [9.17, 15) is 0 Å². The van der Waals surface area contributed by atoms with Gasteiger partial charge in [-0.2, -0.15) is 5.10 Å². The summed E-state index contributed by atoms with van der Waals surface area (Å²) in [5, 5.41) is 5.46. The SMILES string of the molecule is NC(Cc1ncnc2c1cnn2-c1ccccc1)C1CC1. The Kier molecular flexibility index (Phi) is 2.93. The second kappa shape index (κ2) is 4.93. The number of hydrogen-bond donors (Lipinski definition) is 1. The first-order valence-electron chi connectivity index (χ1n) is 7.31. The molecule has 1 aliphatic rings. The lowest BCUT2D eigenvalue weighted by Gasteiger charge is -2.09. The molecular weight excluding hydrogens is 262 g/mol. The van der Waals surface area contributed by atoms with Crippen LogP contribution in [0, 0.1) is 5.92 Å². The van der Waals surface area contributed by atoms with Crippen molar-refractivity contribution in [3.63, 3.8) is 0 Å². The Hall–Kier alpha value is -2.27. The minimum atomic E-state index is 0.197. The van der Waals surface area contributed by atoms with Gasteiger partial charge in [-0.3, -0.25) is 0 Å². The van der Waals surface area contributed by atoms with Gasteiger partial charge in [0.05, 0.1) is 23.0 Å². The summed E-state index contributed by atoms with van der Waals surface area (Å²) in [4.78, 5) is 8.81. The number of nitrogens with zero attached hydrogens (tertiary/aromatic N) is 4. The summed E-state index contributed by atoms with van der Waals surface area (Å²) in [6.45, 7) is 0. The van der Waals surface area contributed by atoms with Gasteiger partial charge in [-0.1, -0.05) is 18.2 Å². The van der Waals surface area contributed by atoms with Crippen LogP contribution in [0.2, 0.25) is 0 Å². The average Bonchev–Trinajstić information content (AvgIpc) is 3.28. The zero-order valence-electron chi connectivity index (χ0n) is 11.7. The van der Waals surface area contributed by atoms with Gasteiger partial charge >= 0.3 is 0 Å². The number of para-hydroxylation sites is 1. The molecule has 5 nitrogen and oxygen atoms in total. The highest BCUT2D eigenvalue weighted by molar-refractivity contribution is 5.78. The molecule has 106 valence electrons. The maximum absolute atomic E-state index is 6.23. The molecule has 0 saturated heterocycles. The van der Waals surface area contributed by atoms with Gasteiger partial charge in [-0.15, -0.1) is 0 Å². The van der Waals surface area contributed by atoms with Gasteiger partial charge in [0, 0.05) is 12.5 Å². The largest absolute Gasteiger partial charge is 0.327 e. The highest BCUT2D eigenvalue weighted by Crippen LogP contribution is 2.33. The molecule has 2 heterocycles. The summed E-state index contributed by atoms with van der Waals surface area (Å²) in [6.07, 6.45) is 6.75. The number of hydrogen-bond acceptors (Lipinski definition) is 4. The van der Waals surface area contributed by atoms with Gasteiger partial charge in [0.1, 0.15) is 6.33 Å². The molecule has 1 atom stereocenters. The van der Waals surface area contributed by atoms with Crippen LogP contribution in [0.3, 0.4) is 0 Å². The van der Waals surface area contributed by atoms with E-state index in [1.165, 1.54) is 12.8 Å². The molecule has 0 radical (unpaired) electrons. The second-order valence-corrected chi connectivity index (χ2v) is 5.65. The number of benzene rings is 1. The van der Waals surface area contributed by atoms with Crippen LogP contribution in [0.1, 0.15) is 18.5 Å². The molecule has 21 heavy (non-hydrogen) atoms. The third kappa shape index (κ3) is 2.29. The van der Waals surface area contributed by atoms with Crippen molar-refractivity contribution in [3.8, 4) is 5.69 Å². The molecular formula is C16H17N5. The number of rotatable bonds is 4. The molecule has 2 aromatic heterocycles. The van der Waals surface area contributed by atoms with Crippen molar-refractivity contribution in [1.82, 2.24) is 19.7 Å². The molecule has 4 rings (SSSR count). The first-order valence-corrected chi connectivity index (χ1v) is 7.31. The van der Waals surface area contributed by atoms with Crippen LogP contribution in [-0.4, -0.2) is 25.8 Å². The third-order valence-electron chi connectivity index (χ3n) is 4.11. The number of aromatic nitrogens is 4. The molecule has 3 aromatic rings. The van der Waals surface area contributed by atoms with Crippen molar-refractivity contribution in [2.45, 2.75) is 25.3 Å². The average molecular weight is 279 g/mol. The van der Waals surface area contributed by atoms with E-state index in [1.807, 2.05) is 41.2 Å². The lowest BCUT2D eigenvalue weighted by Crippen LogP contribution is -2.25. The van der Waals surface area contributed by atoms with Crippen molar-refractivity contribution in [3.05, 3.63) is 48.5 Å². The minimum absolute atomic E-state index is 0.197. The molecule has 1 unspecified atom stereocenters. The Morgan fingerprint density at radius 3 is 2.76 bits per heavy atom. The first-order chi connectivity index (χ1) is 10.3. The molecule has 0 bridgehead atoms. The fraction of sp³-hybridized carbons (Fsp3) is 0.312. The highest BCUT2D eigenvalue weighted by Gasteiger charge is 2.29.